The fourth-order valence-electron chi connectivity index (χ4n) is 2.56. The van der Waals surface area contributed by atoms with Crippen molar-refractivity contribution < 1.29 is 0 Å². The Morgan fingerprint density at radius 1 is 1.16 bits per heavy atom. The highest BCUT2D eigenvalue weighted by molar-refractivity contribution is 7.80. The van der Waals surface area contributed by atoms with Gasteiger partial charge in [-0.3, -0.25) is 5.43 Å². The average molecular weight is 355 g/mol. The SMILES string of the molecule is CCCN(CC)c1ccc(/C=N\NC(=S)Nc2cccc(C)c2)cc1. The summed E-state index contributed by atoms with van der Waals surface area (Å²) in [7, 11) is 0. The van der Waals surface area contributed by atoms with Crippen molar-refractivity contribution in [3.8, 4) is 0 Å². The number of nitrogens with one attached hydrogen (secondary N) is 2. The molecule has 0 fully saturated rings. The second kappa shape index (κ2) is 9.79. The standard InChI is InChI=1S/C20H26N4S/c1-4-13-24(5-2)19-11-9-17(10-12-19)15-21-23-20(25)22-18-8-6-7-16(3)14-18/h6-12,14-15H,4-5,13H2,1-3H3,(H2,22,23,25)/b21-15-. The van der Waals surface area contributed by atoms with Crippen molar-refractivity contribution in [1.82, 2.24) is 5.43 Å². The third kappa shape index (κ3) is 6.19. The van der Waals surface area contributed by atoms with Gasteiger partial charge in [0.05, 0.1) is 6.21 Å². The molecule has 0 aliphatic carbocycles. The van der Waals surface area contributed by atoms with E-state index in [9.17, 15) is 0 Å². The van der Waals surface area contributed by atoms with Crippen molar-refractivity contribution in [3.63, 3.8) is 0 Å². The Labute approximate surface area is 155 Å². The van der Waals surface area contributed by atoms with Crippen molar-refractivity contribution in [2.45, 2.75) is 27.2 Å². The summed E-state index contributed by atoms with van der Waals surface area (Å²) >= 11 is 5.25. The van der Waals surface area contributed by atoms with Crippen LogP contribution >= 0.6 is 12.2 Å². The number of thiocarbonyl (C=S) groups is 1. The number of hydrogen-bond donors (Lipinski definition) is 2. The Balaban J connectivity index is 1.88. The predicted molar refractivity (Wildman–Crippen MR) is 113 cm³/mol. The molecule has 0 radical (unpaired) electrons. The monoisotopic (exact) mass is 354 g/mol. The molecule has 0 saturated carbocycles. The first-order valence-corrected chi connectivity index (χ1v) is 9.05. The smallest absolute Gasteiger partial charge is 0.191 e. The van der Waals surface area contributed by atoms with Crippen molar-refractivity contribution in [3.05, 3.63) is 59.7 Å². The number of anilines is 2. The average Bonchev–Trinajstić information content (AvgIpc) is 2.60. The maximum absolute atomic E-state index is 5.25. The van der Waals surface area contributed by atoms with Crippen LogP contribution in [0.15, 0.2) is 53.6 Å². The van der Waals surface area contributed by atoms with E-state index < -0.39 is 0 Å². The van der Waals surface area contributed by atoms with E-state index >= 15 is 0 Å². The number of aryl methyl sites for hydroxylation is 1. The molecule has 25 heavy (non-hydrogen) atoms. The molecule has 2 rings (SSSR count). The van der Waals surface area contributed by atoms with Crippen molar-refractivity contribution >= 4 is 34.9 Å². The van der Waals surface area contributed by atoms with Crippen molar-refractivity contribution in [2.75, 3.05) is 23.3 Å². The highest BCUT2D eigenvalue weighted by atomic mass is 32.1. The molecule has 4 nitrogen and oxygen atoms in total. The van der Waals surface area contributed by atoms with Gasteiger partial charge in [-0.15, -0.1) is 0 Å². The minimum absolute atomic E-state index is 0.471. The quantitative estimate of drug-likeness (QED) is 0.435. The topological polar surface area (TPSA) is 39.7 Å². The van der Waals surface area contributed by atoms with Gasteiger partial charge in [0, 0.05) is 24.5 Å². The Morgan fingerprint density at radius 3 is 2.56 bits per heavy atom. The van der Waals surface area contributed by atoms with Gasteiger partial charge in [-0.25, -0.2) is 0 Å². The molecule has 0 heterocycles. The van der Waals surface area contributed by atoms with Gasteiger partial charge in [-0.05, 0) is 67.9 Å². The molecular weight excluding hydrogens is 328 g/mol. The number of rotatable bonds is 7. The Hall–Kier alpha value is -2.40. The second-order valence-corrected chi connectivity index (χ2v) is 6.27. The minimum Gasteiger partial charge on any atom is -0.372 e. The summed E-state index contributed by atoms with van der Waals surface area (Å²) in [6.07, 6.45) is 2.91. The molecule has 0 spiro atoms. The molecule has 2 aromatic carbocycles. The number of benzene rings is 2. The largest absolute Gasteiger partial charge is 0.372 e. The van der Waals surface area contributed by atoms with E-state index in [4.69, 9.17) is 12.2 Å². The maximum atomic E-state index is 5.25. The first kappa shape index (κ1) is 18.9. The minimum atomic E-state index is 0.471. The van der Waals surface area contributed by atoms with Gasteiger partial charge in [0.1, 0.15) is 0 Å². The molecular formula is C20H26N4S. The van der Waals surface area contributed by atoms with Crippen LogP contribution in [0.2, 0.25) is 0 Å². The molecule has 5 heteroatoms. The zero-order valence-electron chi connectivity index (χ0n) is 15.1. The molecule has 0 amide bonds. The molecule has 132 valence electrons. The number of hydrazone groups is 1. The van der Waals surface area contributed by atoms with Gasteiger partial charge >= 0.3 is 0 Å². The molecule has 2 aromatic rings. The van der Waals surface area contributed by atoms with Crippen LogP contribution in [0.3, 0.4) is 0 Å². The summed E-state index contributed by atoms with van der Waals surface area (Å²) in [5.41, 5.74) is 7.25. The predicted octanol–water partition coefficient (Wildman–Crippen LogP) is 4.55. The first-order valence-electron chi connectivity index (χ1n) is 8.64. The Morgan fingerprint density at radius 2 is 1.92 bits per heavy atom. The summed E-state index contributed by atoms with van der Waals surface area (Å²) < 4.78 is 0. The normalized spacial score (nSPS) is 10.7. The van der Waals surface area contributed by atoms with E-state index in [-0.39, 0.29) is 0 Å². The molecule has 0 aliphatic heterocycles. The first-order chi connectivity index (χ1) is 12.1. The molecule has 0 saturated heterocycles. The van der Waals surface area contributed by atoms with Gasteiger partial charge in [-0.1, -0.05) is 31.2 Å². The lowest BCUT2D eigenvalue weighted by atomic mass is 10.2. The molecule has 0 aromatic heterocycles. The molecule has 2 N–H and O–H groups in total. The molecule has 0 atom stereocenters. The highest BCUT2D eigenvalue weighted by Crippen LogP contribution is 2.14. The van der Waals surface area contributed by atoms with E-state index in [1.807, 2.05) is 31.2 Å². The van der Waals surface area contributed by atoms with Gasteiger partial charge in [-0.2, -0.15) is 5.10 Å². The van der Waals surface area contributed by atoms with Gasteiger partial charge < -0.3 is 10.2 Å². The summed E-state index contributed by atoms with van der Waals surface area (Å²) in [6, 6.07) is 16.4. The molecule has 0 unspecified atom stereocenters. The second-order valence-electron chi connectivity index (χ2n) is 5.86. The van der Waals surface area contributed by atoms with Crippen LogP contribution in [0.25, 0.3) is 0 Å². The summed E-state index contributed by atoms with van der Waals surface area (Å²) in [5, 5.41) is 7.78. The van der Waals surface area contributed by atoms with Gasteiger partial charge in [0.15, 0.2) is 5.11 Å². The van der Waals surface area contributed by atoms with E-state index in [0.29, 0.717) is 5.11 Å². The van der Waals surface area contributed by atoms with Crippen LogP contribution < -0.4 is 15.6 Å². The van der Waals surface area contributed by atoms with Crippen LogP contribution in [-0.2, 0) is 0 Å². The zero-order valence-corrected chi connectivity index (χ0v) is 15.9. The third-order valence-electron chi connectivity index (χ3n) is 3.79. The van der Waals surface area contributed by atoms with Crippen LogP contribution in [-0.4, -0.2) is 24.4 Å². The number of hydrogen-bond acceptors (Lipinski definition) is 3. The van der Waals surface area contributed by atoms with E-state index in [0.717, 1.165) is 30.8 Å². The summed E-state index contributed by atoms with van der Waals surface area (Å²) in [6.45, 7) is 8.51. The lowest BCUT2D eigenvalue weighted by molar-refractivity contribution is 0.792. The lowest BCUT2D eigenvalue weighted by Gasteiger charge is -2.22. The van der Waals surface area contributed by atoms with E-state index in [2.05, 4.69) is 58.9 Å². The van der Waals surface area contributed by atoms with Gasteiger partial charge in [0.25, 0.3) is 0 Å². The van der Waals surface area contributed by atoms with Crippen molar-refractivity contribution in [1.29, 1.82) is 0 Å². The van der Waals surface area contributed by atoms with Crippen LogP contribution in [0.1, 0.15) is 31.4 Å². The Bertz CT molecular complexity index is 710. The molecule has 0 aliphatic rings. The lowest BCUT2D eigenvalue weighted by Crippen LogP contribution is -2.24. The van der Waals surface area contributed by atoms with Crippen molar-refractivity contribution in [2.24, 2.45) is 5.10 Å². The third-order valence-corrected chi connectivity index (χ3v) is 3.98. The summed E-state index contributed by atoms with van der Waals surface area (Å²) in [5.74, 6) is 0. The fraction of sp³-hybridized carbons (Fsp3) is 0.300. The van der Waals surface area contributed by atoms with E-state index in [1.54, 1.807) is 6.21 Å². The molecule has 0 bridgehead atoms. The van der Waals surface area contributed by atoms with Gasteiger partial charge in [0.2, 0.25) is 0 Å². The zero-order chi connectivity index (χ0) is 18.1. The summed E-state index contributed by atoms with van der Waals surface area (Å²) in [4.78, 5) is 2.36. The maximum Gasteiger partial charge on any atom is 0.191 e. The van der Waals surface area contributed by atoms with Crippen LogP contribution in [0.4, 0.5) is 11.4 Å². The highest BCUT2D eigenvalue weighted by Gasteiger charge is 2.02. The number of nitrogens with zero attached hydrogens (tertiary/aromatic N) is 2. The van der Waals surface area contributed by atoms with E-state index in [1.165, 1.54) is 11.3 Å². The fourth-order valence-corrected chi connectivity index (χ4v) is 2.73. The Kier molecular flexibility index (Phi) is 7.41. The van der Waals surface area contributed by atoms with Crippen LogP contribution in [0.5, 0.6) is 0 Å². The van der Waals surface area contributed by atoms with Crippen LogP contribution in [0, 0.1) is 6.92 Å².